The van der Waals surface area contributed by atoms with E-state index in [9.17, 15) is 35.9 Å². The van der Waals surface area contributed by atoms with Crippen molar-refractivity contribution in [1.29, 1.82) is 0 Å². The Balaban J connectivity index is 1.79. The number of alkyl halides is 6. The summed E-state index contributed by atoms with van der Waals surface area (Å²) in [6, 6.07) is 7.00. The van der Waals surface area contributed by atoms with Gasteiger partial charge in [-0.3, -0.25) is 4.79 Å². The monoisotopic (exact) mass is 416 g/mol. The van der Waals surface area contributed by atoms with Gasteiger partial charge in [0.1, 0.15) is 11.3 Å². The minimum Gasteiger partial charge on any atom is -0.485 e. The number of Topliss-reactive ketones (excluding diaryl/α,β-unsaturated/α-hetero) is 1. The molecule has 0 aliphatic rings. The Morgan fingerprint density at radius 3 is 2.14 bits per heavy atom. The average Bonchev–Trinajstić information content (AvgIpc) is 2.63. The molecule has 0 aliphatic heterocycles. The minimum atomic E-state index is -4.77. The van der Waals surface area contributed by atoms with Crippen molar-refractivity contribution in [2.45, 2.75) is 12.4 Å². The zero-order valence-corrected chi connectivity index (χ0v) is 14.2. The van der Waals surface area contributed by atoms with Gasteiger partial charge < -0.3 is 9.15 Å². The highest BCUT2D eigenvalue weighted by Crippen LogP contribution is 2.35. The van der Waals surface area contributed by atoms with Gasteiger partial charge in [0.15, 0.2) is 12.4 Å². The van der Waals surface area contributed by atoms with Crippen LogP contribution in [0, 0.1) is 0 Å². The van der Waals surface area contributed by atoms with E-state index in [0.29, 0.717) is 6.07 Å². The smallest absolute Gasteiger partial charge is 0.417 e. The van der Waals surface area contributed by atoms with Gasteiger partial charge in [0.25, 0.3) is 0 Å². The van der Waals surface area contributed by atoms with Gasteiger partial charge >= 0.3 is 18.0 Å². The molecule has 0 atom stereocenters. The molecule has 152 valence electrons. The van der Waals surface area contributed by atoms with Crippen molar-refractivity contribution in [2.75, 3.05) is 6.61 Å². The Morgan fingerprint density at radius 1 is 0.897 bits per heavy atom. The fourth-order valence-corrected chi connectivity index (χ4v) is 2.54. The summed E-state index contributed by atoms with van der Waals surface area (Å²) in [5.74, 6) is -0.704. The average molecular weight is 416 g/mol. The number of ether oxygens (including phenoxy) is 1. The molecule has 0 aliphatic carbocycles. The number of carbonyl (C=O) groups excluding carboxylic acids is 1. The summed E-state index contributed by atoms with van der Waals surface area (Å²) in [5.41, 5.74) is -3.71. The number of hydrogen-bond acceptors (Lipinski definition) is 4. The maximum Gasteiger partial charge on any atom is 0.417 e. The molecule has 1 heterocycles. The van der Waals surface area contributed by atoms with Crippen molar-refractivity contribution < 1.29 is 40.3 Å². The van der Waals surface area contributed by atoms with E-state index in [-0.39, 0.29) is 22.3 Å². The van der Waals surface area contributed by atoms with Gasteiger partial charge in [-0.1, -0.05) is 12.1 Å². The van der Waals surface area contributed by atoms with Gasteiger partial charge in [-0.15, -0.1) is 0 Å². The van der Waals surface area contributed by atoms with Gasteiger partial charge in [-0.25, -0.2) is 4.79 Å². The Bertz CT molecular complexity index is 1110. The zero-order chi connectivity index (χ0) is 21.4. The van der Waals surface area contributed by atoms with Crippen molar-refractivity contribution >= 4 is 16.8 Å². The van der Waals surface area contributed by atoms with Crippen LogP contribution in [0.2, 0.25) is 0 Å². The summed E-state index contributed by atoms with van der Waals surface area (Å²) in [4.78, 5) is 23.4. The molecule has 29 heavy (non-hydrogen) atoms. The first-order valence-electron chi connectivity index (χ1n) is 7.93. The molecular formula is C19H10F6O4. The van der Waals surface area contributed by atoms with E-state index in [1.54, 1.807) is 0 Å². The van der Waals surface area contributed by atoms with E-state index in [1.165, 1.54) is 0 Å². The Hall–Kier alpha value is -3.30. The van der Waals surface area contributed by atoms with E-state index < -0.39 is 41.5 Å². The molecule has 0 fully saturated rings. The van der Waals surface area contributed by atoms with Crippen LogP contribution in [0.1, 0.15) is 21.5 Å². The van der Waals surface area contributed by atoms with Gasteiger partial charge in [0, 0.05) is 23.1 Å². The first kappa shape index (κ1) is 20.4. The summed E-state index contributed by atoms with van der Waals surface area (Å²) < 4.78 is 86.6. The second-order valence-electron chi connectivity index (χ2n) is 5.92. The highest BCUT2D eigenvalue weighted by Gasteiger charge is 2.34. The molecule has 4 nitrogen and oxygen atoms in total. The number of benzene rings is 2. The molecule has 3 rings (SSSR count). The standard InChI is InChI=1S/C19H10F6O4/c20-18(21,22)11-3-1-10(2-4-11)15(26)9-28-12-5-6-13-14(19(23,24)25)8-17(27)29-16(13)7-12/h1-8H,9H2. The maximum absolute atomic E-state index is 13.0. The zero-order valence-electron chi connectivity index (χ0n) is 14.2. The fourth-order valence-electron chi connectivity index (χ4n) is 2.54. The number of fused-ring (bicyclic) bond motifs is 1. The van der Waals surface area contributed by atoms with Gasteiger partial charge in [-0.2, -0.15) is 26.3 Å². The lowest BCUT2D eigenvalue weighted by Crippen LogP contribution is -2.13. The third-order valence-electron chi connectivity index (χ3n) is 3.93. The highest BCUT2D eigenvalue weighted by atomic mass is 19.4. The summed E-state index contributed by atoms with van der Waals surface area (Å²) in [6.07, 6.45) is -9.31. The lowest BCUT2D eigenvalue weighted by atomic mass is 10.1. The molecule has 0 radical (unpaired) electrons. The molecule has 0 saturated carbocycles. The summed E-state index contributed by atoms with van der Waals surface area (Å²) in [6.45, 7) is -0.583. The Labute approximate surface area is 158 Å². The van der Waals surface area contributed by atoms with Crippen LogP contribution < -0.4 is 10.4 Å². The van der Waals surface area contributed by atoms with Crippen LogP contribution in [0.25, 0.3) is 11.0 Å². The second-order valence-corrected chi connectivity index (χ2v) is 5.92. The van der Waals surface area contributed by atoms with Crippen LogP contribution in [0.15, 0.2) is 57.7 Å². The molecule has 0 bridgehead atoms. The molecule has 0 saturated heterocycles. The molecule has 1 aromatic heterocycles. The van der Waals surface area contributed by atoms with Gasteiger partial charge in [-0.05, 0) is 24.3 Å². The quantitative estimate of drug-likeness (QED) is 0.338. The van der Waals surface area contributed by atoms with Crippen LogP contribution >= 0.6 is 0 Å². The number of carbonyl (C=O) groups is 1. The van der Waals surface area contributed by atoms with Crippen molar-refractivity contribution in [3.8, 4) is 5.75 Å². The summed E-state index contributed by atoms with van der Waals surface area (Å²) in [7, 11) is 0. The van der Waals surface area contributed by atoms with E-state index in [4.69, 9.17) is 9.15 Å². The van der Waals surface area contributed by atoms with Crippen LogP contribution in [0.4, 0.5) is 26.3 Å². The highest BCUT2D eigenvalue weighted by molar-refractivity contribution is 5.97. The fraction of sp³-hybridized carbons (Fsp3) is 0.158. The molecule has 3 aromatic rings. The van der Waals surface area contributed by atoms with Gasteiger partial charge in [0.05, 0.1) is 11.1 Å². The van der Waals surface area contributed by atoms with Crippen molar-refractivity contribution in [3.63, 3.8) is 0 Å². The third kappa shape index (κ3) is 4.58. The Kier molecular flexibility index (Phi) is 5.12. The predicted octanol–water partition coefficient (Wildman–Crippen LogP) is 5.09. The van der Waals surface area contributed by atoms with Crippen LogP contribution in [-0.2, 0) is 12.4 Å². The predicted molar refractivity (Wildman–Crippen MR) is 88.8 cm³/mol. The minimum absolute atomic E-state index is 0.0373. The van der Waals surface area contributed by atoms with Crippen LogP contribution in [0.3, 0.4) is 0 Å². The lowest BCUT2D eigenvalue weighted by Gasteiger charge is -2.11. The summed E-state index contributed by atoms with van der Waals surface area (Å²) >= 11 is 0. The lowest BCUT2D eigenvalue weighted by molar-refractivity contribution is -0.138. The summed E-state index contributed by atoms with van der Waals surface area (Å²) in [5, 5.41) is -0.362. The van der Waals surface area contributed by atoms with Crippen LogP contribution in [0.5, 0.6) is 5.75 Å². The topological polar surface area (TPSA) is 56.5 Å². The van der Waals surface area contributed by atoms with Crippen LogP contribution in [-0.4, -0.2) is 12.4 Å². The van der Waals surface area contributed by atoms with E-state index in [2.05, 4.69) is 0 Å². The number of ketones is 1. The third-order valence-corrected chi connectivity index (χ3v) is 3.93. The number of rotatable bonds is 4. The normalized spacial score (nSPS) is 12.2. The molecular weight excluding hydrogens is 406 g/mol. The molecule has 10 heteroatoms. The van der Waals surface area contributed by atoms with E-state index >= 15 is 0 Å². The molecule has 2 aromatic carbocycles. The first-order valence-corrected chi connectivity index (χ1v) is 7.93. The Morgan fingerprint density at radius 2 is 1.55 bits per heavy atom. The molecule has 0 unspecified atom stereocenters. The number of halogens is 6. The van der Waals surface area contributed by atoms with Crippen molar-refractivity contribution in [3.05, 3.63) is 75.6 Å². The SMILES string of the molecule is O=C(COc1ccc2c(C(F)(F)F)cc(=O)oc2c1)c1ccc(C(F)(F)F)cc1. The van der Waals surface area contributed by atoms with Crippen molar-refractivity contribution in [1.82, 2.24) is 0 Å². The van der Waals surface area contributed by atoms with E-state index in [0.717, 1.165) is 42.5 Å². The molecule has 0 amide bonds. The molecule has 0 N–H and O–H groups in total. The number of hydrogen-bond donors (Lipinski definition) is 0. The largest absolute Gasteiger partial charge is 0.485 e. The second kappa shape index (κ2) is 7.26. The first-order chi connectivity index (χ1) is 13.4. The van der Waals surface area contributed by atoms with E-state index in [1.807, 2.05) is 0 Å². The molecule has 0 spiro atoms. The van der Waals surface area contributed by atoms with Crippen molar-refractivity contribution in [2.24, 2.45) is 0 Å². The van der Waals surface area contributed by atoms with Gasteiger partial charge in [0.2, 0.25) is 0 Å². The maximum atomic E-state index is 13.0.